The molecule has 0 bridgehead atoms. The summed E-state index contributed by atoms with van der Waals surface area (Å²) in [5.41, 5.74) is 4.13. The van der Waals surface area contributed by atoms with Crippen LogP contribution < -0.4 is 14.4 Å². The Morgan fingerprint density at radius 3 is 2.17 bits per heavy atom. The lowest BCUT2D eigenvalue weighted by Crippen LogP contribution is -2.35. The fourth-order valence-corrected chi connectivity index (χ4v) is 4.57. The van der Waals surface area contributed by atoms with Crippen molar-refractivity contribution in [3.8, 4) is 11.5 Å². The molecule has 0 unspecified atom stereocenters. The molecule has 0 atom stereocenters. The van der Waals surface area contributed by atoms with Crippen LogP contribution in [0.2, 0.25) is 0 Å². The largest absolute Gasteiger partial charge is 0.497 e. The first-order chi connectivity index (χ1) is 17.0. The molecule has 7 nitrogen and oxygen atoms in total. The van der Waals surface area contributed by atoms with Crippen LogP contribution in [-0.2, 0) is 12.8 Å². The summed E-state index contributed by atoms with van der Waals surface area (Å²) in [6.07, 6.45) is 2.49. The molecule has 1 saturated heterocycles. The van der Waals surface area contributed by atoms with Crippen LogP contribution in [0.3, 0.4) is 0 Å². The monoisotopic (exact) mass is 474 g/mol. The Balaban J connectivity index is 1.55. The number of hydrogen-bond acceptors (Lipinski definition) is 6. The highest BCUT2D eigenvalue weighted by molar-refractivity contribution is 5.94. The van der Waals surface area contributed by atoms with Gasteiger partial charge >= 0.3 is 0 Å². The van der Waals surface area contributed by atoms with Gasteiger partial charge in [0.2, 0.25) is 0 Å². The van der Waals surface area contributed by atoms with E-state index >= 15 is 0 Å². The number of ether oxygens (including phenoxy) is 2. The van der Waals surface area contributed by atoms with Crippen molar-refractivity contribution in [3.63, 3.8) is 0 Å². The average Bonchev–Trinajstić information content (AvgIpc) is 3.15. The van der Waals surface area contributed by atoms with Gasteiger partial charge in [-0.1, -0.05) is 19.1 Å². The average molecular weight is 475 g/mol. The predicted molar refractivity (Wildman–Crippen MR) is 138 cm³/mol. The number of benzene rings is 2. The zero-order valence-corrected chi connectivity index (χ0v) is 21.1. The highest BCUT2D eigenvalue weighted by Crippen LogP contribution is 2.27. The van der Waals surface area contributed by atoms with Gasteiger partial charge in [0.15, 0.2) is 0 Å². The maximum atomic E-state index is 13.1. The van der Waals surface area contributed by atoms with E-state index in [9.17, 15) is 4.79 Å². The molecule has 2 aromatic carbocycles. The van der Waals surface area contributed by atoms with Crippen LogP contribution in [0.15, 0.2) is 48.5 Å². The molecule has 2 heterocycles. The van der Waals surface area contributed by atoms with Crippen molar-refractivity contribution in [3.05, 3.63) is 76.7 Å². The summed E-state index contributed by atoms with van der Waals surface area (Å²) < 4.78 is 10.5. The zero-order valence-electron chi connectivity index (χ0n) is 21.1. The number of hydrogen-bond donors (Lipinski definition) is 0. The summed E-state index contributed by atoms with van der Waals surface area (Å²) >= 11 is 0. The molecule has 184 valence electrons. The lowest BCUT2D eigenvalue weighted by molar-refractivity contribution is 0.0767. The van der Waals surface area contributed by atoms with Gasteiger partial charge in [0.05, 0.1) is 14.2 Å². The molecule has 0 radical (unpaired) electrons. The number of carbonyl (C=O) groups is 1. The second-order valence-electron chi connectivity index (χ2n) is 8.76. The Bertz CT molecular complexity index is 1150. The molecule has 4 rings (SSSR count). The maximum Gasteiger partial charge on any atom is 0.253 e. The quantitative estimate of drug-likeness (QED) is 0.508. The Hall–Kier alpha value is -3.61. The summed E-state index contributed by atoms with van der Waals surface area (Å²) in [6.45, 7) is 7.05. The first-order valence-corrected chi connectivity index (χ1v) is 12.2. The van der Waals surface area contributed by atoms with Crippen molar-refractivity contribution < 1.29 is 14.3 Å². The van der Waals surface area contributed by atoms with Gasteiger partial charge < -0.3 is 19.3 Å². The molecular weight excluding hydrogens is 440 g/mol. The van der Waals surface area contributed by atoms with Crippen molar-refractivity contribution in [2.45, 2.75) is 33.1 Å². The fourth-order valence-electron chi connectivity index (χ4n) is 4.57. The summed E-state index contributed by atoms with van der Waals surface area (Å²) in [5.74, 6) is 3.42. The van der Waals surface area contributed by atoms with Gasteiger partial charge in [-0.15, -0.1) is 0 Å². The number of aromatic nitrogens is 2. The Morgan fingerprint density at radius 1 is 0.886 bits per heavy atom. The lowest BCUT2D eigenvalue weighted by atomic mass is 10.0. The molecule has 0 saturated carbocycles. The van der Waals surface area contributed by atoms with E-state index in [0.717, 1.165) is 73.3 Å². The lowest BCUT2D eigenvalue weighted by Gasteiger charge is -2.26. The molecule has 7 heteroatoms. The first kappa shape index (κ1) is 24.5. The highest BCUT2D eigenvalue weighted by atomic mass is 16.5. The number of amides is 1. The summed E-state index contributed by atoms with van der Waals surface area (Å²) in [4.78, 5) is 27.1. The van der Waals surface area contributed by atoms with Crippen molar-refractivity contribution in [2.75, 3.05) is 45.3 Å². The van der Waals surface area contributed by atoms with Crippen LogP contribution in [0.5, 0.6) is 11.5 Å². The molecule has 1 aliphatic heterocycles. The summed E-state index contributed by atoms with van der Waals surface area (Å²) in [5, 5.41) is 0. The highest BCUT2D eigenvalue weighted by Gasteiger charge is 2.24. The third-order valence-electron chi connectivity index (χ3n) is 6.48. The molecule has 0 N–H and O–H groups in total. The predicted octanol–water partition coefficient (Wildman–Crippen LogP) is 4.31. The smallest absolute Gasteiger partial charge is 0.253 e. The number of methoxy groups -OCH3 is 2. The van der Waals surface area contributed by atoms with Crippen LogP contribution in [0.1, 0.15) is 46.3 Å². The van der Waals surface area contributed by atoms with Gasteiger partial charge in [0.25, 0.3) is 5.91 Å². The van der Waals surface area contributed by atoms with E-state index in [-0.39, 0.29) is 5.91 Å². The molecule has 0 spiro atoms. The third-order valence-corrected chi connectivity index (χ3v) is 6.48. The first-order valence-electron chi connectivity index (χ1n) is 12.2. The third kappa shape index (κ3) is 5.73. The number of carbonyl (C=O) groups excluding carboxylic acids is 1. The Labute approximate surface area is 207 Å². The second-order valence-corrected chi connectivity index (χ2v) is 8.76. The van der Waals surface area contributed by atoms with Crippen LogP contribution in [0.25, 0.3) is 0 Å². The van der Waals surface area contributed by atoms with E-state index in [4.69, 9.17) is 19.4 Å². The van der Waals surface area contributed by atoms with E-state index in [2.05, 4.69) is 24.0 Å². The van der Waals surface area contributed by atoms with Crippen LogP contribution >= 0.6 is 0 Å². The van der Waals surface area contributed by atoms with Crippen molar-refractivity contribution in [1.29, 1.82) is 0 Å². The number of anilines is 1. The van der Waals surface area contributed by atoms with E-state index in [1.54, 1.807) is 14.2 Å². The van der Waals surface area contributed by atoms with Crippen LogP contribution in [0.4, 0.5) is 5.82 Å². The van der Waals surface area contributed by atoms with Gasteiger partial charge in [-0.3, -0.25) is 4.79 Å². The van der Waals surface area contributed by atoms with Crippen LogP contribution in [0, 0.1) is 6.92 Å². The van der Waals surface area contributed by atoms with Gasteiger partial charge in [-0.25, -0.2) is 9.97 Å². The van der Waals surface area contributed by atoms with Gasteiger partial charge in [0.1, 0.15) is 23.1 Å². The van der Waals surface area contributed by atoms with E-state index < -0.39 is 0 Å². The second kappa shape index (κ2) is 11.2. The van der Waals surface area contributed by atoms with E-state index in [0.29, 0.717) is 12.1 Å². The SMILES string of the molecule is CCc1nc(C)nc(N2CCCN(C(=O)c3ccc(OC)cc3)CC2)c1Cc1ccc(OC)cc1. The molecule has 1 aromatic heterocycles. The normalized spacial score (nSPS) is 13.9. The minimum absolute atomic E-state index is 0.0566. The van der Waals surface area contributed by atoms with Crippen molar-refractivity contribution >= 4 is 11.7 Å². The van der Waals surface area contributed by atoms with Gasteiger partial charge in [0, 0.05) is 49.4 Å². The number of rotatable bonds is 7. The van der Waals surface area contributed by atoms with Crippen molar-refractivity contribution in [1.82, 2.24) is 14.9 Å². The maximum absolute atomic E-state index is 13.1. The molecule has 1 amide bonds. The minimum atomic E-state index is 0.0566. The van der Waals surface area contributed by atoms with E-state index in [1.807, 2.05) is 48.2 Å². The number of aryl methyl sites for hydroxylation is 2. The number of nitrogens with zero attached hydrogens (tertiary/aromatic N) is 4. The van der Waals surface area contributed by atoms with E-state index in [1.165, 1.54) is 5.56 Å². The molecule has 3 aromatic rings. The van der Waals surface area contributed by atoms with Crippen molar-refractivity contribution in [2.24, 2.45) is 0 Å². The van der Waals surface area contributed by atoms with Crippen LogP contribution in [-0.4, -0.2) is 61.2 Å². The molecule has 1 fully saturated rings. The fraction of sp³-hybridized carbons (Fsp3) is 0.393. The minimum Gasteiger partial charge on any atom is -0.497 e. The standard InChI is InChI=1S/C28H34N4O3/c1-5-26-25(19-21-7-11-23(34-3)12-8-21)27(30-20(2)29-26)31-15-6-16-32(18-17-31)28(33)22-9-13-24(35-4)14-10-22/h7-14H,5-6,15-19H2,1-4H3. The summed E-state index contributed by atoms with van der Waals surface area (Å²) in [6, 6.07) is 15.5. The zero-order chi connectivity index (χ0) is 24.8. The molecule has 0 aliphatic carbocycles. The molecule has 1 aliphatic rings. The Kier molecular flexibility index (Phi) is 7.85. The van der Waals surface area contributed by atoms with Gasteiger partial charge in [-0.2, -0.15) is 0 Å². The molecular formula is C28H34N4O3. The van der Waals surface area contributed by atoms with Gasteiger partial charge in [-0.05, 0) is 61.7 Å². The Morgan fingerprint density at radius 2 is 1.54 bits per heavy atom. The summed E-state index contributed by atoms with van der Waals surface area (Å²) in [7, 11) is 3.31. The topological polar surface area (TPSA) is 67.8 Å². The molecule has 35 heavy (non-hydrogen) atoms.